The van der Waals surface area contributed by atoms with Crippen LogP contribution in [-0.2, 0) is 0 Å². The first-order valence-electron chi connectivity index (χ1n) is 4.35. The van der Waals surface area contributed by atoms with Crippen molar-refractivity contribution in [3.63, 3.8) is 0 Å². The highest BCUT2D eigenvalue weighted by molar-refractivity contribution is 5.44. The normalized spacial score (nSPS) is 12.4. The van der Waals surface area contributed by atoms with Crippen molar-refractivity contribution in [3.8, 4) is 5.75 Å². The van der Waals surface area contributed by atoms with E-state index in [2.05, 4.69) is 0 Å². The molecule has 0 bridgehead atoms. The minimum atomic E-state index is -0.727. The molecule has 0 radical (unpaired) electrons. The lowest BCUT2D eigenvalue weighted by atomic mass is 10.0. The van der Waals surface area contributed by atoms with Gasteiger partial charge < -0.3 is 10.8 Å². The molecule has 0 fully saturated rings. The molecule has 0 amide bonds. The first-order chi connectivity index (χ1) is 7.06. The molecule has 0 saturated carbocycles. The van der Waals surface area contributed by atoms with Crippen LogP contribution >= 0.6 is 0 Å². The zero-order chi connectivity index (χ0) is 11.4. The topological polar surface area (TPSA) is 89.4 Å². The van der Waals surface area contributed by atoms with Gasteiger partial charge in [0, 0.05) is 23.7 Å². The summed E-state index contributed by atoms with van der Waals surface area (Å²) in [5.74, 6) is -0.151. The zero-order valence-corrected chi connectivity index (χ0v) is 7.89. The third-order valence-corrected chi connectivity index (χ3v) is 2.04. The summed E-state index contributed by atoms with van der Waals surface area (Å²) in [6, 6.07) is 2.79. The molecule has 6 heteroatoms. The number of rotatable bonds is 4. The number of alkyl halides is 1. The number of halogens is 1. The van der Waals surface area contributed by atoms with Crippen LogP contribution in [0.4, 0.5) is 10.1 Å². The molecule has 0 saturated heterocycles. The van der Waals surface area contributed by atoms with Gasteiger partial charge in [-0.1, -0.05) is 0 Å². The number of nitro benzene ring substituents is 1. The molecule has 82 valence electrons. The highest BCUT2D eigenvalue weighted by Gasteiger charge is 2.15. The van der Waals surface area contributed by atoms with Crippen molar-refractivity contribution in [2.24, 2.45) is 5.73 Å². The third kappa shape index (κ3) is 2.63. The number of hydrogen-bond donors (Lipinski definition) is 2. The molecule has 5 nitrogen and oxygen atoms in total. The van der Waals surface area contributed by atoms with Crippen LogP contribution in [0.1, 0.15) is 18.0 Å². The Labute approximate surface area is 85.5 Å². The zero-order valence-electron chi connectivity index (χ0n) is 7.89. The lowest BCUT2D eigenvalue weighted by Gasteiger charge is -2.11. The van der Waals surface area contributed by atoms with Gasteiger partial charge in [-0.05, 0) is 12.5 Å². The lowest BCUT2D eigenvalue weighted by Crippen LogP contribution is -2.11. The Kier molecular flexibility index (Phi) is 3.56. The molecule has 0 spiro atoms. The van der Waals surface area contributed by atoms with Gasteiger partial charge in [0.05, 0.1) is 11.6 Å². The summed E-state index contributed by atoms with van der Waals surface area (Å²) in [7, 11) is 0. The Morgan fingerprint density at radius 2 is 2.27 bits per heavy atom. The third-order valence-electron chi connectivity index (χ3n) is 2.04. The molecule has 3 N–H and O–H groups in total. The van der Waals surface area contributed by atoms with E-state index in [1.165, 1.54) is 12.1 Å². The minimum Gasteiger partial charge on any atom is -0.508 e. The maximum Gasteiger partial charge on any atom is 0.270 e. The predicted octanol–water partition coefficient (Wildman–Crippen LogP) is 1.66. The molecular formula is C9H11FN2O3. The van der Waals surface area contributed by atoms with E-state index >= 15 is 0 Å². The molecule has 0 heterocycles. The van der Waals surface area contributed by atoms with E-state index in [0.29, 0.717) is 0 Å². The van der Waals surface area contributed by atoms with Crippen LogP contribution in [0.15, 0.2) is 18.2 Å². The van der Waals surface area contributed by atoms with Gasteiger partial charge in [0.2, 0.25) is 0 Å². The molecule has 0 unspecified atom stereocenters. The van der Waals surface area contributed by atoms with Crippen molar-refractivity contribution in [2.75, 3.05) is 6.67 Å². The van der Waals surface area contributed by atoms with Crippen molar-refractivity contribution in [3.05, 3.63) is 33.9 Å². The van der Waals surface area contributed by atoms with E-state index in [0.717, 1.165) is 6.07 Å². The van der Waals surface area contributed by atoms with Gasteiger partial charge in [0.15, 0.2) is 0 Å². The molecule has 1 aromatic rings. The van der Waals surface area contributed by atoms with Crippen LogP contribution in [-0.4, -0.2) is 16.7 Å². The van der Waals surface area contributed by atoms with Crippen LogP contribution in [0.5, 0.6) is 5.75 Å². The highest BCUT2D eigenvalue weighted by Crippen LogP contribution is 2.28. The second kappa shape index (κ2) is 4.70. The summed E-state index contributed by atoms with van der Waals surface area (Å²) in [6.45, 7) is -0.636. The molecule has 0 aliphatic carbocycles. The fourth-order valence-electron chi connectivity index (χ4n) is 1.23. The smallest absolute Gasteiger partial charge is 0.270 e. The summed E-state index contributed by atoms with van der Waals surface area (Å²) in [5, 5.41) is 19.8. The number of nitrogens with two attached hydrogens (primary N) is 1. The van der Waals surface area contributed by atoms with E-state index in [-0.39, 0.29) is 23.4 Å². The Balaban J connectivity index is 3.04. The van der Waals surface area contributed by atoms with Crippen molar-refractivity contribution in [1.29, 1.82) is 0 Å². The largest absolute Gasteiger partial charge is 0.508 e. The summed E-state index contributed by atoms with van der Waals surface area (Å²) in [5.41, 5.74) is 5.58. The van der Waals surface area contributed by atoms with Crippen molar-refractivity contribution < 1.29 is 14.4 Å². The van der Waals surface area contributed by atoms with Crippen molar-refractivity contribution >= 4 is 5.69 Å². The molecular weight excluding hydrogens is 203 g/mol. The number of benzene rings is 1. The maximum absolute atomic E-state index is 12.0. The minimum absolute atomic E-state index is 0.0225. The van der Waals surface area contributed by atoms with E-state index in [9.17, 15) is 19.6 Å². The number of hydrogen-bond acceptors (Lipinski definition) is 4. The second-order valence-corrected chi connectivity index (χ2v) is 3.08. The summed E-state index contributed by atoms with van der Waals surface area (Å²) in [4.78, 5) is 9.86. The summed E-state index contributed by atoms with van der Waals surface area (Å²) in [6.07, 6.45) is 0.0225. The Bertz CT molecular complexity index is 370. The van der Waals surface area contributed by atoms with Gasteiger partial charge >= 0.3 is 0 Å². The Morgan fingerprint density at radius 1 is 1.60 bits per heavy atom. The van der Waals surface area contributed by atoms with Crippen LogP contribution in [0.25, 0.3) is 0 Å². The number of phenolic OH excluding ortho intramolecular Hbond substituents is 1. The van der Waals surface area contributed by atoms with Gasteiger partial charge in [-0.3, -0.25) is 14.5 Å². The van der Waals surface area contributed by atoms with Crippen LogP contribution in [0.2, 0.25) is 0 Å². The molecule has 1 aromatic carbocycles. The van der Waals surface area contributed by atoms with E-state index < -0.39 is 17.6 Å². The van der Waals surface area contributed by atoms with E-state index in [1.54, 1.807) is 0 Å². The van der Waals surface area contributed by atoms with E-state index in [1.807, 2.05) is 0 Å². The fourth-order valence-corrected chi connectivity index (χ4v) is 1.23. The number of nitrogens with zero attached hydrogens (tertiary/aromatic N) is 1. The first kappa shape index (κ1) is 11.4. The summed E-state index contributed by atoms with van der Waals surface area (Å²) >= 11 is 0. The van der Waals surface area contributed by atoms with Gasteiger partial charge in [-0.25, -0.2) is 0 Å². The molecule has 0 aliphatic heterocycles. The van der Waals surface area contributed by atoms with Gasteiger partial charge in [-0.15, -0.1) is 0 Å². The van der Waals surface area contributed by atoms with Gasteiger partial charge in [-0.2, -0.15) is 0 Å². The Hall–Kier alpha value is -1.69. The standard InChI is InChI=1S/C9H11FN2O3/c10-4-3-8(11)7-5-6(12(14)15)1-2-9(7)13/h1-2,5,8,13H,3-4,11H2/t8-/m0/s1. The quantitative estimate of drug-likeness (QED) is 0.589. The molecule has 0 aromatic heterocycles. The number of non-ortho nitro benzene ring substituents is 1. The lowest BCUT2D eigenvalue weighted by molar-refractivity contribution is -0.385. The monoisotopic (exact) mass is 214 g/mol. The number of phenols is 1. The Morgan fingerprint density at radius 3 is 2.80 bits per heavy atom. The van der Waals surface area contributed by atoms with E-state index in [4.69, 9.17) is 5.73 Å². The van der Waals surface area contributed by atoms with Gasteiger partial charge in [0.25, 0.3) is 5.69 Å². The SMILES string of the molecule is N[C@@H](CCF)c1cc([N+](=O)[O-])ccc1O. The average Bonchev–Trinajstić information content (AvgIpc) is 2.18. The van der Waals surface area contributed by atoms with Crippen LogP contribution in [0.3, 0.4) is 0 Å². The number of nitro groups is 1. The average molecular weight is 214 g/mol. The summed E-state index contributed by atoms with van der Waals surface area (Å²) < 4.78 is 12.0. The predicted molar refractivity (Wildman–Crippen MR) is 52.3 cm³/mol. The highest BCUT2D eigenvalue weighted by atomic mass is 19.1. The van der Waals surface area contributed by atoms with Crippen LogP contribution in [0, 0.1) is 10.1 Å². The molecule has 1 atom stereocenters. The number of aromatic hydroxyl groups is 1. The fraction of sp³-hybridized carbons (Fsp3) is 0.333. The maximum atomic E-state index is 12.0. The molecule has 15 heavy (non-hydrogen) atoms. The first-order valence-corrected chi connectivity index (χ1v) is 4.35. The molecule has 1 rings (SSSR count). The van der Waals surface area contributed by atoms with Gasteiger partial charge in [0.1, 0.15) is 5.75 Å². The van der Waals surface area contributed by atoms with Crippen LogP contribution < -0.4 is 5.73 Å². The second-order valence-electron chi connectivity index (χ2n) is 3.08. The van der Waals surface area contributed by atoms with Crippen molar-refractivity contribution in [1.82, 2.24) is 0 Å². The van der Waals surface area contributed by atoms with Crippen molar-refractivity contribution in [2.45, 2.75) is 12.5 Å². The molecule has 0 aliphatic rings.